The van der Waals surface area contributed by atoms with E-state index in [0.717, 1.165) is 30.2 Å². The van der Waals surface area contributed by atoms with E-state index in [1.165, 1.54) is 6.07 Å². The van der Waals surface area contributed by atoms with Gasteiger partial charge in [-0.05, 0) is 26.0 Å². The van der Waals surface area contributed by atoms with Gasteiger partial charge in [0.25, 0.3) is 0 Å². The predicted octanol–water partition coefficient (Wildman–Crippen LogP) is 3.59. The summed E-state index contributed by atoms with van der Waals surface area (Å²) in [5, 5.41) is 3.21. The molecule has 1 N–H and O–H groups in total. The van der Waals surface area contributed by atoms with Crippen LogP contribution in [-0.2, 0) is 6.42 Å². The van der Waals surface area contributed by atoms with Crippen molar-refractivity contribution in [3.8, 4) is 11.3 Å². The molecule has 0 saturated carbocycles. The van der Waals surface area contributed by atoms with Gasteiger partial charge in [-0.1, -0.05) is 19.1 Å². The highest BCUT2D eigenvalue weighted by Crippen LogP contribution is 2.27. The normalized spacial score (nSPS) is 10.5. The summed E-state index contributed by atoms with van der Waals surface area (Å²) in [6.45, 7) is 6.69. The lowest BCUT2D eigenvalue weighted by molar-refractivity contribution is 0.630. The maximum absolute atomic E-state index is 13.9. The number of halogens is 1. The highest BCUT2D eigenvalue weighted by atomic mass is 19.1. The number of rotatable bonds is 4. The SMILES string of the molecule is CCNc1nc(CC)nc(-c2ccccc2F)c1C. The molecular formula is C15H18FN3. The van der Waals surface area contributed by atoms with Crippen molar-refractivity contribution in [3.63, 3.8) is 0 Å². The van der Waals surface area contributed by atoms with Gasteiger partial charge in [0.15, 0.2) is 0 Å². The molecule has 1 aromatic heterocycles. The van der Waals surface area contributed by atoms with Crippen molar-refractivity contribution in [1.82, 2.24) is 9.97 Å². The minimum atomic E-state index is -0.256. The molecular weight excluding hydrogens is 241 g/mol. The Morgan fingerprint density at radius 3 is 2.53 bits per heavy atom. The third-order valence-corrected chi connectivity index (χ3v) is 2.98. The van der Waals surface area contributed by atoms with Crippen molar-refractivity contribution in [1.29, 1.82) is 0 Å². The van der Waals surface area contributed by atoms with Crippen LogP contribution in [0.2, 0.25) is 0 Å². The van der Waals surface area contributed by atoms with Crippen LogP contribution >= 0.6 is 0 Å². The molecule has 0 aliphatic heterocycles. The zero-order valence-corrected chi connectivity index (χ0v) is 11.5. The van der Waals surface area contributed by atoms with Gasteiger partial charge in [0.1, 0.15) is 17.5 Å². The van der Waals surface area contributed by atoms with E-state index in [-0.39, 0.29) is 5.82 Å². The van der Waals surface area contributed by atoms with Crippen molar-refractivity contribution in [2.24, 2.45) is 0 Å². The molecule has 100 valence electrons. The molecule has 2 rings (SSSR count). The van der Waals surface area contributed by atoms with Gasteiger partial charge in [-0.25, -0.2) is 14.4 Å². The van der Waals surface area contributed by atoms with E-state index < -0.39 is 0 Å². The molecule has 4 heteroatoms. The van der Waals surface area contributed by atoms with Crippen LogP contribution in [-0.4, -0.2) is 16.5 Å². The fourth-order valence-corrected chi connectivity index (χ4v) is 1.98. The molecule has 0 aliphatic carbocycles. The number of hydrogen-bond acceptors (Lipinski definition) is 3. The smallest absolute Gasteiger partial charge is 0.133 e. The van der Waals surface area contributed by atoms with E-state index in [1.54, 1.807) is 12.1 Å². The minimum Gasteiger partial charge on any atom is -0.370 e. The minimum absolute atomic E-state index is 0.256. The second-order valence-corrected chi connectivity index (χ2v) is 4.33. The highest BCUT2D eigenvalue weighted by molar-refractivity contribution is 5.68. The third-order valence-electron chi connectivity index (χ3n) is 2.98. The Labute approximate surface area is 112 Å². The van der Waals surface area contributed by atoms with Gasteiger partial charge in [0, 0.05) is 24.1 Å². The van der Waals surface area contributed by atoms with Crippen molar-refractivity contribution in [2.75, 3.05) is 11.9 Å². The van der Waals surface area contributed by atoms with Gasteiger partial charge in [0.2, 0.25) is 0 Å². The first-order valence-corrected chi connectivity index (χ1v) is 6.53. The van der Waals surface area contributed by atoms with Crippen LogP contribution in [0, 0.1) is 12.7 Å². The van der Waals surface area contributed by atoms with E-state index >= 15 is 0 Å². The van der Waals surface area contributed by atoms with Gasteiger partial charge in [-0.15, -0.1) is 0 Å². The Kier molecular flexibility index (Phi) is 4.10. The van der Waals surface area contributed by atoms with Gasteiger partial charge in [0.05, 0.1) is 5.69 Å². The zero-order chi connectivity index (χ0) is 13.8. The lowest BCUT2D eigenvalue weighted by Crippen LogP contribution is -2.08. The number of nitrogens with zero attached hydrogens (tertiary/aromatic N) is 2. The predicted molar refractivity (Wildman–Crippen MR) is 75.7 cm³/mol. The van der Waals surface area contributed by atoms with E-state index in [2.05, 4.69) is 15.3 Å². The molecule has 0 fully saturated rings. The highest BCUT2D eigenvalue weighted by Gasteiger charge is 2.14. The summed E-state index contributed by atoms with van der Waals surface area (Å²) in [5.41, 5.74) is 2.07. The maximum atomic E-state index is 13.9. The molecule has 0 aliphatic rings. The van der Waals surface area contributed by atoms with E-state index in [1.807, 2.05) is 26.8 Å². The van der Waals surface area contributed by atoms with Crippen LogP contribution in [0.1, 0.15) is 25.2 Å². The number of aryl methyl sites for hydroxylation is 1. The number of hydrogen-bond donors (Lipinski definition) is 1. The van der Waals surface area contributed by atoms with Gasteiger partial charge in [-0.2, -0.15) is 0 Å². The second kappa shape index (κ2) is 5.78. The van der Waals surface area contributed by atoms with Crippen molar-refractivity contribution < 1.29 is 4.39 Å². The van der Waals surface area contributed by atoms with Crippen LogP contribution in [0.25, 0.3) is 11.3 Å². The molecule has 0 bridgehead atoms. The van der Waals surface area contributed by atoms with Crippen LogP contribution < -0.4 is 5.32 Å². The monoisotopic (exact) mass is 259 g/mol. The fourth-order valence-electron chi connectivity index (χ4n) is 1.98. The lowest BCUT2D eigenvalue weighted by atomic mass is 10.1. The molecule has 19 heavy (non-hydrogen) atoms. The molecule has 0 atom stereocenters. The quantitative estimate of drug-likeness (QED) is 0.911. The number of aromatic nitrogens is 2. The van der Waals surface area contributed by atoms with Crippen molar-refractivity contribution in [2.45, 2.75) is 27.2 Å². The Balaban J connectivity index is 2.62. The Hall–Kier alpha value is -1.97. The molecule has 0 saturated heterocycles. The Bertz CT molecular complexity index is 582. The molecule has 1 heterocycles. The molecule has 2 aromatic rings. The van der Waals surface area contributed by atoms with Gasteiger partial charge in [-0.3, -0.25) is 0 Å². The van der Waals surface area contributed by atoms with E-state index in [9.17, 15) is 4.39 Å². The number of nitrogens with one attached hydrogen (secondary N) is 1. The zero-order valence-electron chi connectivity index (χ0n) is 11.5. The molecule has 0 spiro atoms. The summed E-state index contributed by atoms with van der Waals surface area (Å²) in [4.78, 5) is 8.93. The van der Waals surface area contributed by atoms with Crippen LogP contribution in [0.5, 0.6) is 0 Å². The maximum Gasteiger partial charge on any atom is 0.133 e. The second-order valence-electron chi connectivity index (χ2n) is 4.33. The third kappa shape index (κ3) is 2.72. The summed E-state index contributed by atoms with van der Waals surface area (Å²) in [6.07, 6.45) is 0.722. The largest absolute Gasteiger partial charge is 0.370 e. The van der Waals surface area contributed by atoms with Crippen molar-refractivity contribution >= 4 is 5.82 Å². The average Bonchev–Trinajstić information content (AvgIpc) is 2.42. The van der Waals surface area contributed by atoms with Gasteiger partial charge >= 0.3 is 0 Å². The first-order chi connectivity index (χ1) is 9.17. The molecule has 3 nitrogen and oxygen atoms in total. The first kappa shape index (κ1) is 13.5. The molecule has 1 aromatic carbocycles. The molecule has 0 amide bonds. The summed E-state index contributed by atoms with van der Waals surface area (Å²) >= 11 is 0. The van der Waals surface area contributed by atoms with Crippen LogP contribution in [0.3, 0.4) is 0 Å². The summed E-state index contributed by atoms with van der Waals surface area (Å²) in [6, 6.07) is 6.70. The van der Waals surface area contributed by atoms with Gasteiger partial charge < -0.3 is 5.32 Å². The van der Waals surface area contributed by atoms with Crippen molar-refractivity contribution in [3.05, 3.63) is 41.5 Å². The number of benzene rings is 1. The lowest BCUT2D eigenvalue weighted by Gasteiger charge is -2.13. The van der Waals surface area contributed by atoms with Crippen LogP contribution in [0.15, 0.2) is 24.3 Å². The number of anilines is 1. The molecule has 0 radical (unpaired) electrons. The van der Waals surface area contributed by atoms with Crippen LogP contribution in [0.4, 0.5) is 10.2 Å². The molecule has 0 unspecified atom stereocenters. The van der Waals surface area contributed by atoms with E-state index in [4.69, 9.17) is 0 Å². The summed E-state index contributed by atoms with van der Waals surface area (Å²) in [5.74, 6) is 1.25. The Morgan fingerprint density at radius 1 is 1.16 bits per heavy atom. The average molecular weight is 259 g/mol. The summed E-state index contributed by atoms with van der Waals surface area (Å²) < 4.78 is 13.9. The summed E-state index contributed by atoms with van der Waals surface area (Å²) in [7, 11) is 0. The van der Waals surface area contributed by atoms with E-state index in [0.29, 0.717) is 11.3 Å². The first-order valence-electron chi connectivity index (χ1n) is 6.53. The topological polar surface area (TPSA) is 37.8 Å². The standard InChI is InChI=1S/C15H18FN3/c1-4-13-18-14(10(3)15(19-13)17-5-2)11-8-6-7-9-12(11)16/h6-9H,4-5H2,1-3H3,(H,17,18,19). The Morgan fingerprint density at radius 2 is 1.89 bits per heavy atom. The fraction of sp³-hybridized carbons (Fsp3) is 0.333.